The zero-order valence-corrected chi connectivity index (χ0v) is 9.01. The number of nitrogens with one attached hydrogen (secondary N) is 1. The third kappa shape index (κ3) is 3.72. The SMILES string of the molecule is C[C@@H](CF)NC(=O)c1ccc(C(F)(F)F)cc1. The summed E-state index contributed by atoms with van der Waals surface area (Å²) in [5.74, 6) is -0.594. The van der Waals surface area contributed by atoms with Gasteiger partial charge in [0, 0.05) is 5.56 Å². The van der Waals surface area contributed by atoms with Crippen LogP contribution in [0.25, 0.3) is 0 Å². The molecule has 0 heterocycles. The van der Waals surface area contributed by atoms with Crippen LogP contribution >= 0.6 is 0 Å². The first-order chi connectivity index (χ1) is 7.84. The van der Waals surface area contributed by atoms with Gasteiger partial charge in [0.25, 0.3) is 5.91 Å². The highest BCUT2D eigenvalue weighted by atomic mass is 19.4. The zero-order chi connectivity index (χ0) is 13.1. The number of carbonyl (C=O) groups is 1. The molecule has 1 aromatic rings. The Kier molecular flexibility index (Phi) is 4.09. The monoisotopic (exact) mass is 249 g/mol. The smallest absolute Gasteiger partial charge is 0.347 e. The van der Waals surface area contributed by atoms with E-state index in [9.17, 15) is 22.4 Å². The highest BCUT2D eigenvalue weighted by Crippen LogP contribution is 2.29. The van der Waals surface area contributed by atoms with Gasteiger partial charge in [-0.2, -0.15) is 13.2 Å². The zero-order valence-electron chi connectivity index (χ0n) is 9.01. The summed E-state index contributed by atoms with van der Waals surface area (Å²) in [5.41, 5.74) is -0.758. The Morgan fingerprint density at radius 2 is 1.82 bits per heavy atom. The van der Waals surface area contributed by atoms with E-state index in [-0.39, 0.29) is 5.56 Å². The molecule has 0 saturated heterocycles. The molecule has 1 rings (SSSR count). The second kappa shape index (κ2) is 5.16. The van der Waals surface area contributed by atoms with Gasteiger partial charge in [-0.1, -0.05) is 0 Å². The van der Waals surface area contributed by atoms with Crippen molar-refractivity contribution in [1.29, 1.82) is 0 Å². The van der Waals surface area contributed by atoms with Gasteiger partial charge in [-0.15, -0.1) is 0 Å². The lowest BCUT2D eigenvalue weighted by atomic mass is 10.1. The van der Waals surface area contributed by atoms with Crippen molar-refractivity contribution in [2.75, 3.05) is 6.67 Å². The first-order valence-electron chi connectivity index (χ1n) is 4.88. The summed E-state index contributed by atoms with van der Waals surface area (Å²) in [6.45, 7) is 0.731. The van der Waals surface area contributed by atoms with E-state index >= 15 is 0 Å². The minimum atomic E-state index is -4.43. The minimum absolute atomic E-state index is 0.0679. The second-order valence-corrected chi connectivity index (χ2v) is 3.60. The molecule has 6 heteroatoms. The minimum Gasteiger partial charge on any atom is -0.347 e. The third-order valence-electron chi connectivity index (χ3n) is 2.08. The van der Waals surface area contributed by atoms with Crippen molar-refractivity contribution in [1.82, 2.24) is 5.32 Å². The van der Waals surface area contributed by atoms with Gasteiger partial charge in [0.05, 0.1) is 11.6 Å². The largest absolute Gasteiger partial charge is 0.416 e. The lowest BCUT2D eigenvalue weighted by molar-refractivity contribution is -0.137. The molecule has 1 N–H and O–H groups in total. The van der Waals surface area contributed by atoms with E-state index < -0.39 is 30.4 Å². The molecule has 0 aliphatic carbocycles. The number of alkyl halides is 4. The number of halogens is 4. The van der Waals surface area contributed by atoms with E-state index in [0.29, 0.717) is 0 Å². The van der Waals surface area contributed by atoms with Gasteiger partial charge < -0.3 is 5.32 Å². The maximum atomic E-state index is 12.2. The van der Waals surface area contributed by atoms with Gasteiger partial charge in [-0.3, -0.25) is 4.79 Å². The van der Waals surface area contributed by atoms with Crippen LogP contribution in [0.2, 0.25) is 0 Å². The standard InChI is InChI=1S/C11H11F4NO/c1-7(6-12)16-10(17)8-2-4-9(5-3-8)11(13,14)15/h2-5,7H,6H2,1H3,(H,16,17)/t7-/m0/s1. The first-order valence-corrected chi connectivity index (χ1v) is 4.88. The maximum Gasteiger partial charge on any atom is 0.416 e. The summed E-state index contributed by atoms with van der Waals surface area (Å²) in [7, 11) is 0. The van der Waals surface area contributed by atoms with Crippen molar-refractivity contribution in [2.45, 2.75) is 19.1 Å². The fourth-order valence-corrected chi connectivity index (χ4v) is 1.16. The predicted octanol–water partition coefficient (Wildman–Crippen LogP) is 2.79. The van der Waals surface area contributed by atoms with Crippen LogP contribution in [-0.4, -0.2) is 18.6 Å². The summed E-state index contributed by atoms with van der Waals surface area (Å²) in [5, 5.41) is 2.31. The summed E-state index contributed by atoms with van der Waals surface area (Å²) in [4.78, 5) is 11.4. The molecule has 0 aliphatic rings. The molecule has 0 radical (unpaired) electrons. The number of benzene rings is 1. The van der Waals surface area contributed by atoms with Gasteiger partial charge in [0.15, 0.2) is 0 Å². The van der Waals surface area contributed by atoms with Crippen LogP contribution in [0.4, 0.5) is 17.6 Å². The lowest BCUT2D eigenvalue weighted by Crippen LogP contribution is -2.33. The van der Waals surface area contributed by atoms with Crippen molar-refractivity contribution >= 4 is 5.91 Å². The predicted molar refractivity (Wildman–Crippen MR) is 54.3 cm³/mol. The van der Waals surface area contributed by atoms with Crippen LogP contribution < -0.4 is 5.32 Å². The summed E-state index contributed by atoms with van der Waals surface area (Å²) >= 11 is 0. The Balaban J connectivity index is 2.78. The van der Waals surface area contributed by atoms with E-state index in [0.717, 1.165) is 24.3 Å². The molecule has 1 aromatic carbocycles. The van der Waals surface area contributed by atoms with E-state index in [1.54, 1.807) is 0 Å². The number of hydrogen-bond donors (Lipinski definition) is 1. The molecule has 0 spiro atoms. The Hall–Kier alpha value is -1.59. The summed E-state index contributed by atoms with van der Waals surface area (Å²) < 4.78 is 48.8. The van der Waals surface area contributed by atoms with Crippen molar-refractivity contribution < 1.29 is 22.4 Å². The van der Waals surface area contributed by atoms with Gasteiger partial charge in [-0.25, -0.2) is 4.39 Å². The fraction of sp³-hybridized carbons (Fsp3) is 0.364. The normalized spacial score (nSPS) is 13.2. The Bertz CT molecular complexity index is 385. The van der Waals surface area contributed by atoms with E-state index in [2.05, 4.69) is 5.32 Å². The van der Waals surface area contributed by atoms with Crippen LogP contribution in [0.1, 0.15) is 22.8 Å². The Labute approximate surface area is 95.6 Å². The molecule has 0 aliphatic heterocycles. The quantitative estimate of drug-likeness (QED) is 0.820. The number of rotatable bonds is 3. The lowest BCUT2D eigenvalue weighted by Gasteiger charge is -2.11. The van der Waals surface area contributed by atoms with Crippen LogP contribution in [0.15, 0.2) is 24.3 Å². The molecule has 17 heavy (non-hydrogen) atoms. The van der Waals surface area contributed by atoms with Gasteiger partial charge in [-0.05, 0) is 31.2 Å². The molecule has 0 bridgehead atoms. The number of amides is 1. The van der Waals surface area contributed by atoms with Crippen molar-refractivity contribution in [3.63, 3.8) is 0 Å². The van der Waals surface area contributed by atoms with Gasteiger partial charge in [0.2, 0.25) is 0 Å². The average molecular weight is 249 g/mol. The highest BCUT2D eigenvalue weighted by molar-refractivity contribution is 5.94. The summed E-state index contributed by atoms with van der Waals surface area (Å²) in [6, 6.07) is 3.08. The highest BCUT2D eigenvalue weighted by Gasteiger charge is 2.30. The fourth-order valence-electron chi connectivity index (χ4n) is 1.16. The molecule has 94 valence electrons. The topological polar surface area (TPSA) is 29.1 Å². The maximum absolute atomic E-state index is 12.2. The summed E-state index contributed by atoms with van der Waals surface area (Å²) in [6.07, 6.45) is -4.43. The van der Waals surface area contributed by atoms with E-state index in [4.69, 9.17) is 0 Å². The van der Waals surface area contributed by atoms with Crippen LogP contribution in [0.5, 0.6) is 0 Å². The molecule has 0 saturated carbocycles. The molecular formula is C11H11F4NO. The van der Waals surface area contributed by atoms with Crippen molar-refractivity contribution in [3.8, 4) is 0 Å². The second-order valence-electron chi connectivity index (χ2n) is 3.60. The number of carbonyl (C=O) groups excluding carboxylic acids is 1. The molecular weight excluding hydrogens is 238 g/mol. The molecule has 2 nitrogen and oxygen atoms in total. The van der Waals surface area contributed by atoms with Crippen LogP contribution in [-0.2, 0) is 6.18 Å². The molecule has 1 amide bonds. The van der Waals surface area contributed by atoms with Gasteiger partial charge >= 0.3 is 6.18 Å². The van der Waals surface area contributed by atoms with Crippen molar-refractivity contribution in [3.05, 3.63) is 35.4 Å². The number of hydrogen-bond acceptors (Lipinski definition) is 1. The van der Waals surface area contributed by atoms with E-state index in [1.165, 1.54) is 6.92 Å². The van der Waals surface area contributed by atoms with Gasteiger partial charge in [0.1, 0.15) is 6.67 Å². The Morgan fingerprint density at radius 3 is 2.24 bits per heavy atom. The third-order valence-corrected chi connectivity index (χ3v) is 2.08. The van der Waals surface area contributed by atoms with Crippen LogP contribution in [0, 0.1) is 0 Å². The molecule has 1 atom stereocenters. The average Bonchev–Trinajstić information content (AvgIpc) is 2.27. The van der Waals surface area contributed by atoms with Crippen LogP contribution in [0.3, 0.4) is 0 Å². The molecule has 0 aromatic heterocycles. The first kappa shape index (κ1) is 13.5. The molecule has 0 fully saturated rings. The Morgan fingerprint density at radius 1 is 1.29 bits per heavy atom. The molecule has 0 unspecified atom stereocenters. The van der Waals surface area contributed by atoms with E-state index in [1.807, 2.05) is 0 Å². The van der Waals surface area contributed by atoms with Crippen molar-refractivity contribution in [2.24, 2.45) is 0 Å².